The minimum atomic E-state index is -0.00925. The Balaban J connectivity index is 1.56. The zero-order valence-corrected chi connectivity index (χ0v) is 14.9. The number of hydrogen-bond acceptors (Lipinski definition) is 4. The van der Waals surface area contributed by atoms with E-state index in [1.54, 1.807) is 10.5 Å². The van der Waals surface area contributed by atoms with Crippen LogP contribution in [0.4, 0.5) is 0 Å². The van der Waals surface area contributed by atoms with Crippen LogP contribution in [-0.2, 0) is 6.54 Å². The molecular weight excluding hydrogens is 342 g/mol. The summed E-state index contributed by atoms with van der Waals surface area (Å²) in [6.07, 6.45) is 2.47. The van der Waals surface area contributed by atoms with Crippen LogP contribution in [-0.4, -0.2) is 9.38 Å². The van der Waals surface area contributed by atoms with Gasteiger partial charge in [-0.1, -0.05) is 23.7 Å². The Morgan fingerprint density at radius 3 is 2.83 bits per heavy atom. The van der Waals surface area contributed by atoms with E-state index in [4.69, 9.17) is 11.6 Å². The van der Waals surface area contributed by atoms with Crippen molar-refractivity contribution in [3.63, 3.8) is 0 Å². The lowest BCUT2D eigenvalue weighted by atomic mass is 10.0. The summed E-state index contributed by atoms with van der Waals surface area (Å²) < 4.78 is 1.66. The maximum absolute atomic E-state index is 12.3. The van der Waals surface area contributed by atoms with Gasteiger partial charge in [-0.15, -0.1) is 11.3 Å². The maximum Gasteiger partial charge on any atom is 0.259 e. The average molecular weight is 360 g/mol. The molecule has 0 radical (unpaired) electrons. The molecule has 2 aromatic heterocycles. The Hall–Kier alpha value is -1.69. The van der Waals surface area contributed by atoms with Gasteiger partial charge in [0.1, 0.15) is 0 Å². The molecule has 1 aromatic carbocycles. The molecule has 0 amide bonds. The first-order valence-electron chi connectivity index (χ1n) is 8.07. The van der Waals surface area contributed by atoms with Gasteiger partial charge < -0.3 is 5.32 Å². The van der Waals surface area contributed by atoms with Gasteiger partial charge >= 0.3 is 0 Å². The number of halogens is 1. The Kier molecular flexibility index (Phi) is 4.16. The number of aryl methyl sites for hydroxylation is 1. The molecule has 1 unspecified atom stereocenters. The summed E-state index contributed by atoms with van der Waals surface area (Å²) in [5, 5.41) is 6.29. The van der Waals surface area contributed by atoms with Gasteiger partial charge in [0.05, 0.1) is 5.69 Å². The predicted octanol–water partition coefficient (Wildman–Crippen LogP) is 3.96. The summed E-state index contributed by atoms with van der Waals surface area (Å²) >= 11 is 7.50. The third-order valence-electron chi connectivity index (χ3n) is 4.45. The predicted molar refractivity (Wildman–Crippen MR) is 97.8 cm³/mol. The lowest BCUT2D eigenvalue weighted by Crippen LogP contribution is -2.25. The Morgan fingerprint density at radius 2 is 2.12 bits per heavy atom. The van der Waals surface area contributed by atoms with Crippen LogP contribution in [0.1, 0.15) is 35.8 Å². The van der Waals surface area contributed by atoms with E-state index in [1.165, 1.54) is 29.7 Å². The van der Waals surface area contributed by atoms with Crippen LogP contribution in [0.25, 0.3) is 4.96 Å². The SMILES string of the molecule is Cc1csc2nc(CNC(c3ccc(Cl)cc3)C3CC3)cc(=O)n12. The highest BCUT2D eigenvalue weighted by Crippen LogP contribution is 2.41. The second-order valence-electron chi connectivity index (χ2n) is 6.33. The average Bonchev–Trinajstić information content (AvgIpc) is 3.33. The smallest absolute Gasteiger partial charge is 0.259 e. The topological polar surface area (TPSA) is 46.4 Å². The first-order chi connectivity index (χ1) is 11.6. The van der Waals surface area contributed by atoms with Crippen molar-refractivity contribution in [1.82, 2.24) is 14.7 Å². The van der Waals surface area contributed by atoms with Crippen molar-refractivity contribution in [2.24, 2.45) is 5.92 Å². The van der Waals surface area contributed by atoms with E-state index >= 15 is 0 Å². The van der Waals surface area contributed by atoms with Crippen molar-refractivity contribution < 1.29 is 0 Å². The molecular formula is C18H18ClN3OS. The number of fused-ring (bicyclic) bond motifs is 1. The van der Waals surface area contributed by atoms with Crippen LogP contribution in [0.3, 0.4) is 0 Å². The highest BCUT2D eigenvalue weighted by molar-refractivity contribution is 7.15. The van der Waals surface area contributed by atoms with Gasteiger partial charge in [-0.3, -0.25) is 9.20 Å². The number of nitrogens with one attached hydrogen (secondary N) is 1. The third-order valence-corrected chi connectivity index (χ3v) is 5.65. The van der Waals surface area contributed by atoms with Crippen molar-refractivity contribution in [1.29, 1.82) is 0 Å². The lowest BCUT2D eigenvalue weighted by Gasteiger charge is -2.18. The molecule has 0 saturated heterocycles. The quantitative estimate of drug-likeness (QED) is 0.750. The standard InChI is InChI=1S/C18H18ClN3OS/c1-11-10-24-18-21-15(8-16(23)22(11)18)9-20-17(12-2-3-12)13-4-6-14(19)7-5-13/h4-8,10,12,17,20H,2-3,9H2,1H3. The number of hydrogen-bond donors (Lipinski definition) is 1. The van der Waals surface area contributed by atoms with Crippen molar-refractivity contribution in [2.45, 2.75) is 32.4 Å². The molecule has 124 valence electrons. The molecule has 3 aromatic rings. The summed E-state index contributed by atoms with van der Waals surface area (Å²) in [6, 6.07) is 9.93. The van der Waals surface area contributed by atoms with Crippen LogP contribution < -0.4 is 10.9 Å². The van der Waals surface area contributed by atoms with Gasteiger partial charge in [0, 0.05) is 34.7 Å². The van der Waals surface area contributed by atoms with Crippen LogP contribution >= 0.6 is 22.9 Å². The van der Waals surface area contributed by atoms with Gasteiger partial charge in [-0.2, -0.15) is 0 Å². The van der Waals surface area contributed by atoms with E-state index in [1.807, 2.05) is 24.4 Å². The molecule has 0 bridgehead atoms. The van der Waals surface area contributed by atoms with Gasteiger partial charge in [0.25, 0.3) is 5.56 Å². The van der Waals surface area contributed by atoms with Crippen molar-refractivity contribution >= 4 is 27.9 Å². The second kappa shape index (κ2) is 6.31. The van der Waals surface area contributed by atoms with Crippen LogP contribution in [0.2, 0.25) is 5.02 Å². The fourth-order valence-corrected chi connectivity index (χ4v) is 4.08. The molecule has 1 saturated carbocycles. The van der Waals surface area contributed by atoms with Crippen LogP contribution in [0, 0.1) is 12.8 Å². The number of thiazole rings is 1. The van der Waals surface area contributed by atoms with E-state index in [0.717, 1.165) is 21.4 Å². The molecule has 2 heterocycles. The zero-order valence-electron chi connectivity index (χ0n) is 13.3. The van der Waals surface area contributed by atoms with Crippen LogP contribution in [0.5, 0.6) is 0 Å². The Morgan fingerprint density at radius 1 is 1.38 bits per heavy atom. The second-order valence-corrected chi connectivity index (χ2v) is 7.60. The molecule has 0 spiro atoms. The van der Waals surface area contributed by atoms with E-state index < -0.39 is 0 Å². The summed E-state index contributed by atoms with van der Waals surface area (Å²) in [7, 11) is 0. The number of rotatable bonds is 5. The number of nitrogens with zero attached hydrogens (tertiary/aromatic N) is 2. The van der Waals surface area contributed by atoms with E-state index in [0.29, 0.717) is 12.5 Å². The Bertz CT molecular complexity index is 928. The monoisotopic (exact) mass is 359 g/mol. The minimum absolute atomic E-state index is 0.00925. The van der Waals surface area contributed by atoms with Gasteiger partial charge in [-0.05, 0) is 43.4 Å². The fourth-order valence-electron chi connectivity index (χ4n) is 3.06. The first kappa shape index (κ1) is 15.8. The number of aromatic nitrogens is 2. The van der Waals surface area contributed by atoms with Crippen molar-refractivity contribution in [2.75, 3.05) is 0 Å². The summed E-state index contributed by atoms with van der Waals surface area (Å²) in [5.74, 6) is 0.653. The minimum Gasteiger partial charge on any atom is -0.304 e. The van der Waals surface area contributed by atoms with E-state index in [2.05, 4.69) is 22.4 Å². The molecule has 4 nitrogen and oxygen atoms in total. The molecule has 24 heavy (non-hydrogen) atoms. The summed E-state index contributed by atoms with van der Waals surface area (Å²) in [4.78, 5) is 17.6. The van der Waals surface area contributed by atoms with Gasteiger partial charge in [0.2, 0.25) is 0 Å². The zero-order chi connectivity index (χ0) is 16.7. The molecule has 1 N–H and O–H groups in total. The first-order valence-corrected chi connectivity index (χ1v) is 9.33. The molecule has 1 aliphatic rings. The van der Waals surface area contributed by atoms with Crippen LogP contribution in [0.15, 0.2) is 40.5 Å². The largest absolute Gasteiger partial charge is 0.304 e. The van der Waals surface area contributed by atoms with E-state index in [-0.39, 0.29) is 11.6 Å². The molecule has 0 aliphatic heterocycles. The van der Waals surface area contributed by atoms with Crippen molar-refractivity contribution in [3.8, 4) is 0 Å². The molecule has 1 fully saturated rings. The molecule has 1 aliphatic carbocycles. The Labute approximate surface area is 149 Å². The van der Waals surface area contributed by atoms with Crippen molar-refractivity contribution in [3.05, 3.63) is 68.0 Å². The number of benzene rings is 1. The van der Waals surface area contributed by atoms with Gasteiger partial charge in [0.15, 0.2) is 4.96 Å². The normalized spacial score (nSPS) is 15.8. The highest BCUT2D eigenvalue weighted by atomic mass is 35.5. The molecule has 1 atom stereocenters. The maximum atomic E-state index is 12.3. The highest BCUT2D eigenvalue weighted by Gasteiger charge is 2.32. The third kappa shape index (κ3) is 3.11. The summed E-state index contributed by atoms with van der Waals surface area (Å²) in [5.41, 5.74) is 2.96. The molecule has 6 heteroatoms. The van der Waals surface area contributed by atoms with E-state index in [9.17, 15) is 4.79 Å². The summed E-state index contributed by atoms with van der Waals surface area (Å²) in [6.45, 7) is 2.51. The fraction of sp³-hybridized carbons (Fsp3) is 0.333. The van der Waals surface area contributed by atoms with Gasteiger partial charge in [-0.25, -0.2) is 4.98 Å². The molecule has 4 rings (SSSR count). The lowest BCUT2D eigenvalue weighted by molar-refractivity contribution is 0.476.